The van der Waals surface area contributed by atoms with Gasteiger partial charge in [0.2, 0.25) is 0 Å². The number of nitrogens with one attached hydrogen (secondary N) is 1. The van der Waals surface area contributed by atoms with Crippen LogP contribution in [0.4, 0.5) is 5.69 Å². The van der Waals surface area contributed by atoms with Gasteiger partial charge in [0.1, 0.15) is 11.6 Å². The number of anilines is 1. The van der Waals surface area contributed by atoms with Crippen LogP contribution >= 0.6 is 11.6 Å². The summed E-state index contributed by atoms with van der Waals surface area (Å²) in [5.74, 6) is -0.585. The van der Waals surface area contributed by atoms with E-state index >= 15 is 0 Å². The molecule has 0 spiro atoms. The van der Waals surface area contributed by atoms with E-state index in [4.69, 9.17) is 16.9 Å². The van der Waals surface area contributed by atoms with Crippen molar-refractivity contribution in [3.8, 4) is 6.07 Å². The number of halogens is 1. The van der Waals surface area contributed by atoms with Gasteiger partial charge in [0.25, 0.3) is 0 Å². The van der Waals surface area contributed by atoms with Crippen molar-refractivity contribution in [2.45, 2.75) is 0 Å². The zero-order chi connectivity index (χ0) is 11.4. The van der Waals surface area contributed by atoms with Crippen molar-refractivity contribution in [3.63, 3.8) is 0 Å². The molecule has 0 aliphatic rings. The number of carbonyl (C=O) groups excluding carboxylic acids is 1. The molecular weight excluding hydrogens is 216 g/mol. The average molecular weight is 225 g/mol. The highest BCUT2D eigenvalue weighted by Crippen LogP contribution is 2.28. The molecule has 0 aliphatic carbocycles. The molecule has 0 heterocycles. The highest BCUT2D eigenvalue weighted by molar-refractivity contribution is 6.34. The van der Waals surface area contributed by atoms with Crippen LogP contribution in [0.25, 0.3) is 0 Å². The standard InChI is InChI=1S/C10H9ClN2O2/c1-13-9-7(11)4-3-6(5-12)8(9)10(14)15-2/h3-4,13H,1-2H3. The van der Waals surface area contributed by atoms with Crippen molar-refractivity contribution in [1.29, 1.82) is 5.26 Å². The molecule has 78 valence electrons. The van der Waals surface area contributed by atoms with Crippen LogP contribution in [-0.4, -0.2) is 20.1 Å². The molecule has 15 heavy (non-hydrogen) atoms. The highest BCUT2D eigenvalue weighted by Gasteiger charge is 2.18. The second-order valence-electron chi connectivity index (χ2n) is 2.70. The molecule has 0 unspecified atom stereocenters. The van der Waals surface area contributed by atoms with Crippen molar-refractivity contribution >= 4 is 23.3 Å². The summed E-state index contributed by atoms with van der Waals surface area (Å²) in [6, 6.07) is 4.95. The zero-order valence-corrected chi connectivity index (χ0v) is 9.05. The maximum Gasteiger partial charge on any atom is 0.341 e. The number of rotatable bonds is 2. The molecule has 0 amide bonds. The van der Waals surface area contributed by atoms with E-state index < -0.39 is 5.97 Å². The highest BCUT2D eigenvalue weighted by atomic mass is 35.5. The second-order valence-corrected chi connectivity index (χ2v) is 3.11. The molecule has 0 atom stereocenters. The molecule has 1 rings (SSSR count). The first-order chi connectivity index (χ1) is 7.15. The smallest absolute Gasteiger partial charge is 0.341 e. The second kappa shape index (κ2) is 4.67. The Bertz CT molecular complexity index is 438. The van der Waals surface area contributed by atoms with Gasteiger partial charge in [0.05, 0.1) is 23.4 Å². The van der Waals surface area contributed by atoms with Crippen LogP contribution in [0.15, 0.2) is 12.1 Å². The number of carbonyl (C=O) groups is 1. The number of methoxy groups -OCH3 is 1. The lowest BCUT2D eigenvalue weighted by Crippen LogP contribution is -2.08. The predicted molar refractivity (Wildman–Crippen MR) is 57.1 cm³/mol. The SMILES string of the molecule is CNc1c(Cl)ccc(C#N)c1C(=O)OC. The molecule has 1 aromatic rings. The Hall–Kier alpha value is -1.73. The molecule has 0 aromatic heterocycles. The van der Waals surface area contributed by atoms with Gasteiger partial charge < -0.3 is 10.1 Å². The summed E-state index contributed by atoms with van der Waals surface area (Å²) < 4.78 is 4.59. The summed E-state index contributed by atoms with van der Waals surface area (Å²) in [7, 11) is 2.87. The lowest BCUT2D eigenvalue weighted by molar-refractivity contribution is 0.0601. The fourth-order valence-corrected chi connectivity index (χ4v) is 1.48. The van der Waals surface area contributed by atoms with Crippen LogP contribution < -0.4 is 5.32 Å². The Morgan fingerprint density at radius 3 is 2.73 bits per heavy atom. The molecule has 1 N–H and O–H groups in total. The number of nitriles is 1. The number of hydrogen-bond acceptors (Lipinski definition) is 4. The largest absolute Gasteiger partial charge is 0.465 e. The van der Waals surface area contributed by atoms with Gasteiger partial charge in [-0.25, -0.2) is 4.79 Å². The summed E-state index contributed by atoms with van der Waals surface area (Å²) in [5, 5.41) is 12.0. The average Bonchev–Trinajstić information content (AvgIpc) is 2.27. The van der Waals surface area contributed by atoms with E-state index in [-0.39, 0.29) is 11.1 Å². The van der Waals surface area contributed by atoms with Crippen LogP contribution in [0, 0.1) is 11.3 Å². The number of esters is 1. The van der Waals surface area contributed by atoms with Gasteiger partial charge in [-0.1, -0.05) is 11.6 Å². The van der Waals surface area contributed by atoms with E-state index in [0.717, 1.165) is 0 Å². The molecular formula is C10H9ClN2O2. The summed E-state index contributed by atoms with van der Waals surface area (Å²) in [4.78, 5) is 11.5. The summed E-state index contributed by atoms with van der Waals surface area (Å²) in [6.45, 7) is 0. The van der Waals surface area contributed by atoms with Crippen molar-refractivity contribution in [3.05, 3.63) is 28.3 Å². The number of ether oxygens (including phenoxy) is 1. The minimum absolute atomic E-state index is 0.162. The molecule has 1 aromatic carbocycles. The van der Waals surface area contributed by atoms with Gasteiger partial charge in [0, 0.05) is 7.05 Å². The first-order valence-corrected chi connectivity index (χ1v) is 4.52. The predicted octanol–water partition coefficient (Wildman–Crippen LogP) is 2.04. The van der Waals surface area contributed by atoms with Crippen molar-refractivity contribution < 1.29 is 9.53 Å². The minimum atomic E-state index is -0.585. The van der Waals surface area contributed by atoms with E-state index in [1.807, 2.05) is 6.07 Å². The molecule has 0 fully saturated rings. The van der Waals surface area contributed by atoms with Crippen LogP contribution in [0.2, 0.25) is 5.02 Å². The fourth-order valence-electron chi connectivity index (χ4n) is 1.23. The van der Waals surface area contributed by atoms with Gasteiger partial charge in [-0.05, 0) is 12.1 Å². The summed E-state index contributed by atoms with van der Waals surface area (Å²) in [6.07, 6.45) is 0. The quantitative estimate of drug-likeness (QED) is 0.781. The normalized spacial score (nSPS) is 9.20. The fraction of sp³-hybridized carbons (Fsp3) is 0.200. The molecule has 0 saturated carbocycles. The van der Waals surface area contributed by atoms with E-state index in [1.165, 1.54) is 13.2 Å². The van der Waals surface area contributed by atoms with E-state index in [2.05, 4.69) is 10.1 Å². The zero-order valence-electron chi connectivity index (χ0n) is 8.30. The van der Waals surface area contributed by atoms with E-state index in [0.29, 0.717) is 10.7 Å². The molecule has 0 aliphatic heterocycles. The Morgan fingerprint density at radius 2 is 2.27 bits per heavy atom. The summed E-state index contributed by atoms with van der Waals surface area (Å²) in [5.41, 5.74) is 0.799. The first-order valence-electron chi connectivity index (χ1n) is 4.14. The molecule has 0 radical (unpaired) electrons. The molecule has 4 nitrogen and oxygen atoms in total. The Labute approximate surface area is 92.4 Å². The molecule has 5 heteroatoms. The topological polar surface area (TPSA) is 62.1 Å². The Balaban J connectivity index is 3.49. The Kier molecular flexibility index (Phi) is 3.53. The van der Waals surface area contributed by atoms with Crippen molar-refractivity contribution in [2.75, 3.05) is 19.5 Å². The van der Waals surface area contributed by atoms with Gasteiger partial charge in [0.15, 0.2) is 0 Å². The third kappa shape index (κ3) is 2.03. The third-order valence-electron chi connectivity index (χ3n) is 1.91. The lowest BCUT2D eigenvalue weighted by atomic mass is 10.1. The molecule has 0 bridgehead atoms. The first kappa shape index (κ1) is 11.3. The minimum Gasteiger partial charge on any atom is -0.465 e. The van der Waals surface area contributed by atoms with E-state index in [9.17, 15) is 4.79 Å². The van der Waals surface area contributed by atoms with E-state index in [1.54, 1.807) is 13.1 Å². The van der Waals surface area contributed by atoms with Crippen molar-refractivity contribution in [1.82, 2.24) is 0 Å². The van der Waals surface area contributed by atoms with Crippen LogP contribution in [0.1, 0.15) is 15.9 Å². The third-order valence-corrected chi connectivity index (χ3v) is 2.23. The number of hydrogen-bond donors (Lipinski definition) is 1. The maximum atomic E-state index is 11.5. The Morgan fingerprint density at radius 1 is 1.60 bits per heavy atom. The van der Waals surface area contributed by atoms with Crippen molar-refractivity contribution in [2.24, 2.45) is 0 Å². The number of nitrogens with zero attached hydrogens (tertiary/aromatic N) is 1. The van der Waals surface area contributed by atoms with Gasteiger partial charge in [-0.15, -0.1) is 0 Å². The number of benzene rings is 1. The van der Waals surface area contributed by atoms with Crippen LogP contribution in [-0.2, 0) is 4.74 Å². The van der Waals surface area contributed by atoms with Crippen LogP contribution in [0.3, 0.4) is 0 Å². The van der Waals surface area contributed by atoms with Gasteiger partial charge in [-0.3, -0.25) is 0 Å². The lowest BCUT2D eigenvalue weighted by Gasteiger charge is -2.10. The van der Waals surface area contributed by atoms with Gasteiger partial charge in [-0.2, -0.15) is 5.26 Å². The van der Waals surface area contributed by atoms with Gasteiger partial charge >= 0.3 is 5.97 Å². The molecule has 0 saturated heterocycles. The summed E-state index contributed by atoms with van der Waals surface area (Å²) >= 11 is 5.88. The maximum absolute atomic E-state index is 11.5. The monoisotopic (exact) mass is 224 g/mol. The van der Waals surface area contributed by atoms with Crippen LogP contribution in [0.5, 0.6) is 0 Å².